The second kappa shape index (κ2) is 2.87. The molecule has 72 valence electrons. The monoisotopic (exact) mass is 189 g/mol. The molecular formula is C11H11NO2. The van der Waals surface area contributed by atoms with Gasteiger partial charge in [0.25, 0.3) is 0 Å². The van der Waals surface area contributed by atoms with Crippen LogP contribution < -0.4 is 0 Å². The van der Waals surface area contributed by atoms with Gasteiger partial charge in [0.15, 0.2) is 0 Å². The van der Waals surface area contributed by atoms with Crippen molar-refractivity contribution in [1.82, 2.24) is 4.40 Å². The van der Waals surface area contributed by atoms with Crippen LogP contribution in [-0.2, 0) is 0 Å². The highest BCUT2D eigenvalue weighted by atomic mass is 16.4. The summed E-state index contributed by atoms with van der Waals surface area (Å²) in [6, 6.07) is 7.50. The molecule has 0 spiro atoms. The first-order valence-electron chi connectivity index (χ1n) is 4.42. The van der Waals surface area contributed by atoms with Gasteiger partial charge in [-0.1, -0.05) is 6.07 Å². The van der Waals surface area contributed by atoms with E-state index in [9.17, 15) is 4.79 Å². The van der Waals surface area contributed by atoms with Gasteiger partial charge >= 0.3 is 5.97 Å². The summed E-state index contributed by atoms with van der Waals surface area (Å²) < 4.78 is 1.95. The summed E-state index contributed by atoms with van der Waals surface area (Å²) in [6.45, 7) is 3.79. The number of fused-ring (bicyclic) bond motifs is 1. The highest BCUT2D eigenvalue weighted by molar-refractivity contribution is 5.91. The average molecular weight is 189 g/mol. The number of hydrogen-bond acceptors (Lipinski definition) is 1. The number of carboxylic acids is 1. The molecule has 0 aliphatic heterocycles. The zero-order valence-corrected chi connectivity index (χ0v) is 8.11. The lowest BCUT2D eigenvalue weighted by molar-refractivity contribution is 0.0696. The molecule has 3 heteroatoms. The smallest absolute Gasteiger partial charge is 0.337 e. The van der Waals surface area contributed by atoms with Gasteiger partial charge in [-0.3, -0.25) is 0 Å². The zero-order chi connectivity index (χ0) is 10.3. The third-order valence-corrected chi connectivity index (χ3v) is 2.46. The van der Waals surface area contributed by atoms with Gasteiger partial charge in [0.2, 0.25) is 0 Å². The normalized spacial score (nSPS) is 10.7. The molecule has 0 saturated carbocycles. The van der Waals surface area contributed by atoms with E-state index in [-0.39, 0.29) is 0 Å². The second-order valence-electron chi connectivity index (χ2n) is 3.38. The lowest BCUT2D eigenvalue weighted by atomic mass is 10.2. The van der Waals surface area contributed by atoms with Crippen molar-refractivity contribution < 1.29 is 9.90 Å². The minimum Gasteiger partial charge on any atom is -0.478 e. The standard InChI is InChI=1S/C11H11NO2/c1-7-4-3-5-9-6-10(11(13)14)8(2)12(7)9/h3-6H,1-2H3,(H,13,14). The Balaban J connectivity index is 2.87. The van der Waals surface area contributed by atoms with Gasteiger partial charge in [0.1, 0.15) is 0 Å². The predicted molar refractivity (Wildman–Crippen MR) is 53.8 cm³/mol. The van der Waals surface area contributed by atoms with Crippen LogP contribution >= 0.6 is 0 Å². The molecule has 2 heterocycles. The van der Waals surface area contributed by atoms with Gasteiger partial charge in [-0.2, -0.15) is 0 Å². The molecule has 0 aliphatic rings. The van der Waals surface area contributed by atoms with E-state index in [4.69, 9.17) is 5.11 Å². The Labute approximate surface area is 81.6 Å². The number of pyridine rings is 1. The lowest BCUT2D eigenvalue weighted by Gasteiger charge is -2.02. The molecule has 0 amide bonds. The first-order chi connectivity index (χ1) is 6.61. The van der Waals surface area contributed by atoms with Crippen molar-refractivity contribution in [2.24, 2.45) is 0 Å². The van der Waals surface area contributed by atoms with Crippen LogP contribution in [0.25, 0.3) is 5.52 Å². The Morgan fingerprint density at radius 1 is 1.36 bits per heavy atom. The average Bonchev–Trinajstić information content (AvgIpc) is 2.45. The third-order valence-electron chi connectivity index (χ3n) is 2.46. The molecule has 14 heavy (non-hydrogen) atoms. The Morgan fingerprint density at radius 3 is 2.64 bits per heavy atom. The van der Waals surface area contributed by atoms with Gasteiger partial charge in [0.05, 0.1) is 5.56 Å². The Kier molecular flexibility index (Phi) is 1.81. The van der Waals surface area contributed by atoms with Crippen molar-refractivity contribution >= 4 is 11.5 Å². The van der Waals surface area contributed by atoms with Gasteiger partial charge in [-0.05, 0) is 32.0 Å². The summed E-state index contributed by atoms with van der Waals surface area (Å²) in [6.07, 6.45) is 0. The van der Waals surface area contributed by atoms with E-state index in [0.29, 0.717) is 5.56 Å². The van der Waals surface area contributed by atoms with Crippen LogP contribution in [0, 0.1) is 13.8 Å². The van der Waals surface area contributed by atoms with Gasteiger partial charge in [-0.15, -0.1) is 0 Å². The number of hydrogen-bond donors (Lipinski definition) is 1. The molecule has 1 N–H and O–H groups in total. The van der Waals surface area contributed by atoms with E-state index >= 15 is 0 Å². The van der Waals surface area contributed by atoms with Gasteiger partial charge < -0.3 is 9.51 Å². The first-order valence-corrected chi connectivity index (χ1v) is 4.42. The Hall–Kier alpha value is -1.77. The largest absolute Gasteiger partial charge is 0.478 e. The molecule has 0 radical (unpaired) electrons. The number of aryl methyl sites for hydroxylation is 2. The van der Waals surface area contributed by atoms with Crippen LogP contribution in [-0.4, -0.2) is 15.5 Å². The molecule has 0 saturated heterocycles. The van der Waals surface area contributed by atoms with Crippen LogP contribution in [0.1, 0.15) is 21.7 Å². The van der Waals surface area contributed by atoms with Crippen LogP contribution in [0.2, 0.25) is 0 Å². The lowest BCUT2D eigenvalue weighted by Crippen LogP contribution is -1.99. The molecule has 0 bridgehead atoms. The maximum atomic E-state index is 10.9. The summed E-state index contributed by atoms with van der Waals surface area (Å²) in [7, 11) is 0. The maximum Gasteiger partial charge on any atom is 0.337 e. The van der Waals surface area contributed by atoms with E-state index in [1.54, 1.807) is 6.07 Å². The molecule has 0 atom stereocenters. The second-order valence-corrected chi connectivity index (χ2v) is 3.38. The molecule has 0 fully saturated rings. The van der Waals surface area contributed by atoms with Crippen molar-refractivity contribution in [3.63, 3.8) is 0 Å². The fourth-order valence-electron chi connectivity index (χ4n) is 1.80. The van der Waals surface area contributed by atoms with Crippen molar-refractivity contribution in [3.05, 3.63) is 41.2 Å². The summed E-state index contributed by atoms with van der Waals surface area (Å²) in [5, 5.41) is 8.94. The van der Waals surface area contributed by atoms with E-state index in [1.165, 1.54) is 0 Å². The van der Waals surface area contributed by atoms with Gasteiger partial charge in [0, 0.05) is 16.9 Å². The fraction of sp³-hybridized carbons (Fsp3) is 0.182. The molecular weight excluding hydrogens is 178 g/mol. The highest BCUT2D eigenvalue weighted by Crippen LogP contribution is 2.17. The molecule has 2 aromatic rings. The van der Waals surface area contributed by atoms with E-state index < -0.39 is 5.97 Å². The summed E-state index contributed by atoms with van der Waals surface area (Å²) in [5.74, 6) is -0.870. The molecule has 2 aromatic heterocycles. The number of rotatable bonds is 1. The summed E-state index contributed by atoms with van der Waals surface area (Å²) in [5.41, 5.74) is 3.14. The molecule has 2 rings (SSSR count). The van der Waals surface area contributed by atoms with E-state index in [1.807, 2.05) is 36.4 Å². The van der Waals surface area contributed by atoms with Crippen molar-refractivity contribution in [3.8, 4) is 0 Å². The van der Waals surface area contributed by atoms with Gasteiger partial charge in [-0.25, -0.2) is 4.79 Å². The molecule has 0 unspecified atom stereocenters. The maximum absolute atomic E-state index is 10.9. The minimum atomic E-state index is -0.870. The number of aromatic carboxylic acids is 1. The van der Waals surface area contributed by atoms with Crippen molar-refractivity contribution in [2.75, 3.05) is 0 Å². The fourth-order valence-corrected chi connectivity index (χ4v) is 1.80. The summed E-state index contributed by atoms with van der Waals surface area (Å²) >= 11 is 0. The van der Waals surface area contributed by atoms with E-state index in [2.05, 4.69) is 0 Å². The molecule has 3 nitrogen and oxygen atoms in total. The topological polar surface area (TPSA) is 41.7 Å². The quantitative estimate of drug-likeness (QED) is 0.747. The van der Waals surface area contributed by atoms with E-state index in [0.717, 1.165) is 16.9 Å². The number of carbonyl (C=O) groups is 1. The number of nitrogens with zero attached hydrogens (tertiary/aromatic N) is 1. The Morgan fingerprint density at radius 2 is 2.07 bits per heavy atom. The van der Waals surface area contributed by atoms with Crippen LogP contribution in [0.3, 0.4) is 0 Å². The number of carboxylic acid groups (broad SMARTS) is 1. The van der Waals surface area contributed by atoms with Crippen molar-refractivity contribution in [1.29, 1.82) is 0 Å². The third kappa shape index (κ3) is 1.09. The highest BCUT2D eigenvalue weighted by Gasteiger charge is 2.12. The SMILES string of the molecule is Cc1cccc2cc(C(=O)O)c(C)n12. The van der Waals surface area contributed by atoms with Crippen LogP contribution in [0.15, 0.2) is 24.3 Å². The molecule has 0 aromatic carbocycles. The first kappa shape index (κ1) is 8.81. The number of aromatic nitrogens is 1. The minimum absolute atomic E-state index is 0.374. The Bertz CT molecular complexity index is 511. The van der Waals surface area contributed by atoms with Crippen LogP contribution in [0.4, 0.5) is 0 Å². The predicted octanol–water partition coefficient (Wildman–Crippen LogP) is 2.25. The summed E-state index contributed by atoms with van der Waals surface area (Å²) in [4.78, 5) is 10.9. The zero-order valence-electron chi connectivity index (χ0n) is 8.11. The molecule has 0 aliphatic carbocycles. The van der Waals surface area contributed by atoms with Crippen LogP contribution in [0.5, 0.6) is 0 Å². The van der Waals surface area contributed by atoms with Crippen molar-refractivity contribution in [2.45, 2.75) is 13.8 Å².